The number of pyridine rings is 5. The van der Waals surface area contributed by atoms with Gasteiger partial charge >= 0.3 is 0 Å². The average molecular weight is 1600 g/mol. The van der Waals surface area contributed by atoms with E-state index in [9.17, 15) is 22.0 Å². The van der Waals surface area contributed by atoms with Crippen LogP contribution in [0.3, 0.4) is 0 Å². The summed E-state index contributed by atoms with van der Waals surface area (Å²) in [6.07, 6.45) is 17.1. The summed E-state index contributed by atoms with van der Waals surface area (Å²) in [5, 5.41) is 27.9. The quantitative estimate of drug-likeness (QED) is 0.0694. The molecule has 1 saturated heterocycles. The van der Waals surface area contributed by atoms with E-state index in [0.717, 1.165) is 84.9 Å². The fraction of sp³-hybridized carbons (Fsp3) is 0.174. The molecule has 1 aliphatic heterocycles. The van der Waals surface area contributed by atoms with Gasteiger partial charge in [-0.15, -0.1) is 48.2 Å². The lowest BCUT2D eigenvalue weighted by Crippen LogP contribution is -2.39. The van der Waals surface area contributed by atoms with Gasteiger partial charge < -0.3 is 10.6 Å². The van der Waals surface area contributed by atoms with Crippen LogP contribution in [0.4, 0.5) is 33.7 Å². The van der Waals surface area contributed by atoms with Crippen molar-refractivity contribution in [3.05, 3.63) is 329 Å². The van der Waals surface area contributed by atoms with Crippen molar-refractivity contribution in [3.8, 4) is 79.3 Å². The summed E-state index contributed by atoms with van der Waals surface area (Å²) in [6, 6.07) is 61.4. The first kappa shape index (κ1) is 77.0. The molecule has 13 heterocycles. The Morgan fingerprint density at radius 3 is 1.05 bits per heavy atom. The van der Waals surface area contributed by atoms with Crippen LogP contribution >= 0.6 is 22.7 Å². The van der Waals surface area contributed by atoms with Gasteiger partial charge in [-0.05, 0) is 123 Å². The third-order valence-electron chi connectivity index (χ3n) is 19.2. The molecule has 0 bridgehead atoms. The van der Waals surface area contributed by atoms with E-state index in [0.29, 0.717) is 122 Å². The topological polar surface area (TPSA) is 273 Å². The largest absolute Gasteiger partial charge is 0.384 e. The lowest BCUT2D eigenvalue weighted by Gasteiger charge is -2.31. The monoisotopic (exact) mass is 1600 g/mol. The smallest absolute Gasteiger partial charge is 0.224 e. The molecule has 24 nitrogen and oxygen atoms in total. The number of nitrogens with two attached hydrogens (primary N) is 1. The zero-order valence-corrected chi connectivity index (χ0v) is 64.4. The van der Waals surface area contributed by atoms with Gasteiger partial charge in [0.2, 0.25) is 17.6 Å². The Hall–Kier alpha value is -13.9. The van der Waals surface area contributed by atoms with Crippen molar-refractivity contribution >= 4 is 34.4 Å². The number of anilines is 2. The minimum atomic E-state index is -0.291. The molecule has 12 aromatic heterocycles. The first-order valence-corrected chi connectivity index (χ1v) is 39.6. The van der Waals surface area contributed by atoms with Crippen LogP contribution in [0.2, 0.25) is 0 Å². The standard InChI is InChI=1S/C18H17FN4.C17H13FN6S.C17H12FN5S.C17H16FN5.C17H15FN4/c19-15-9-2-1-6-14(15)12-23-18(13-7-5-8-13)21-17(22-23)16-10-3-4-11-20-16;18-12-5-2-1-4-11(12)10-24-16(13-6-3-7-14(19)21-13)22-15(23-24)17-20-8-9-25-17;18-13-6-2-1-5-12(13)11-23-16(17-20-9-10-24-17)21-15(22-23)14-7-3-4-8-19-14;18-14-7-2-1-6-13(14)12-23-17(22-10-5-11-22)20-16(21-23)15-8-3-4-9-19-15;18-14-6-2-1-5-13(14)11-22-17(12-8-9-12)20-16(21-22)15-7-3-4-10-19-15/h1-4,6,9-11,13H,5,7-8,12H2;1-9H,10H2,(H2,19,21);1-10H,11H2;1-4,6-9H,5,10-12H2;1-7,10,12H,8-9,11H2. The number of hydrogen-bond acceptors (Lipinski definition) is 21. The molecule has 20 rings (SSSR count). The van der Waals surface area contributed by atoms with Gasteiger partial charge in [-0.2, -0.15) is 4.98 Å². The van der Waals surface area contributed by atoms with Gasteiger partial charge in [0.05, 0.1) is 32.7 Å². The molecule has 31 heteroatoms. The maximum absolute atomic E-state index is 14.0. The molecule has 2 saturated carbocycles. The van der Waals surface area contributed by atoms with E-state index in [-0.39, 0.29) is 42.2 Å². The summed E-state index contributed by atoms with van der Waals surface area (Å²) in [6.45, 7) is 3.59. The molecule has 584 valence electrons. The van der Waals surface area contributed by atoms with Crippen LogP contribution < -0.4 is 10.6 Å². The van der Waals surface area contributed by atoms with Crippen LogP contribution in [0.15, 0.2) is 260 Å². The number of hydrogen-bond donors (Lipinski definition) is 1. The van der Waals surface area contributed by atoms with Crippen LogP contribution in [0.5, 0.6) is 0 Å². The zero-order chi connectivity index (χ0) is 79.8. The second kappa shape index (κ2) is 36.5. The molecule has 3 aliphatic rings. The molecule has 0 amide bonds. The van der Waals surface area contributed by atoms with Gasteiger partial charge in [0, 0.05) is 101 Å². The lowest BCUT2D eigenvalue weighted by atomic mass is 9.85. The van der Waals surface area contributed by atoms with Crippen LogP contribution in [0.25, 0.3) is 79.3 Å². The molecular weight excluding hydrogens is 1530 g/mol. The Morgan fingerprint density at radius 2 is 0.667 bits per heavy atom. The summed E-state index contributed by atoms with van der Waals surface area (Å²) in [5.74, 6) is 6.60. The van der Waals surface area contributed by atoms with Crippen molar-refractivity contribution in [1.29, 1.82) is 0 Å². The summed E-state index contributed by atoms with van der Waals surface area (Å²) < 4.78 is 78.5. The highest BCUT2D eigenvalue weighted by Crippen LogP contribution is 2.40. The molecule has 0 unspecified atom stereocenters. The van der Waals surface area contributed by atoms with E-state index in [4.69, 9.17) is 10.7 Å². The van der Waals surface area contributed by atoms with Crippen molar-refractivity contribution in [2.24, 2.45) is 0 Å². The first-order valence-electron chi connectivity index (χ1n) is 37.8. The van der Waals surface area contributed by atoms with Crippen molar-refractivity contribution < 1.29 is 22.0 Å². The fourth-order valence-electron chi connectivity index (χ4n) is 12.7. The molecule has 0 atom stereocenters. The van der Waals surface area contributed by atoms with Crippen molar-refractivity contribution in [2.45, 2.75) is 83.1 Å². The Balaban J connectivity index is 0.000000110. The van der Waals surface area contributed by atoms with E-state index in [1.165, 1.54) is 59.4 Å². The SMILES string of the molecule is Fc1ccccc1Cn1nc(-c2ccccn2)nc1-c1nccs1.Fc1ccccc1Cn1nc(-c2ccccn2)nc1C1CC1.Fc1ccccc1Cn1nc(-c2ccccn2)nc1C1CCC1.Fc1ccccc1Cn1nc(-c2ccccn2)nc1N1CCC1.Nc1cccc(-c2nc(-c3nccs3)nn2Cc2ccccc2F)n1. The average Bonchev–Trinajstić information content (AvgIpc) is 1.64. The number of benzene rings is 5. The Bertz CT molecular complexity index is 5960. The molecule has 0 radical (unpaired) electrons. The van der Waals surface area contributed by atoms with E-state index < -0.39 is 0 Å². The molecular formula is C86H73F5N24S2. The Labute approximate surface area is 676 Å². The first-order chi connectivity index (χ1) is 57.4. The van der Waals surface area contributed by atoms with Crippen molar-refractivity contribution in [1.82, 2.24) is 109 Å². The highest BCUT2D eigenvalue weighted by molar-refractivity contribution is 7.13. The highest BCUT2D eigenvalue weighted by atomic mass is 32.1. The van der Waals surface area contributed by atoms with Gasteiger partial charge in [0.15, 0.2) is 39.1 Å². The second-order valence-corrected chi connectivity index (χ2v) is 29.1. The third kappa shape index (κ3) is 19.0. The molecule has 2 aliphatic carbocycles. The molecule has 17 aromatic rings. The van der Waals surface area contributed by atoms with Gasteiger partial charge in [0.25, 0.3) is 0 Å². The van der Waals surface area contributed by atoms with Gasteiger partial charge in [-0.3, -0.25) is 19.9 Å². The van der Waals surface area contributed by atoms with Gasteiger partial charge in [-0.1, -0.05) is 128 Å². The number of nitrogens with zero attached hydrogens (tertiary/aromatic N) is 23. The predicted molar refractivity (Wildman–Crippen MR) is 436 cm³/mol. The molecule has 2 N–H and O–H groups in total. The number of halogens is 5. The summed E-state index contributed by atoms with van der Waals surface area (Å²) >= 11 is 2.90. The number of nitrogen functional groups attached to an aromatic ring is 1. The third-order valence-corrected chi connectivity index (χ3v) is 20.7. The van der Waals surface area contributed by atoms with E-state index in [1.54, 1.807) is 142 Å². The van der Waals surface area contributed by atoms with Crippen molar-refractivity contribution in [3.63, 3.8) is 0 Å². The van der Waals surface area contributed by atoms with E-state index >= 15 is 0 Å². The number of thiazole rings is 2. The molecule has 5 aromatic carbocycles. The van der Waals surface area contributed by atoms with Gasteiger partial charge in [-0.25, -0.2) is 80.2 Å². The highest BCUT2D eigenvalue weighted by Gasteiger charge is 2.32. The predicted octanol–water partition coefficient (Wildman–Crippen LogP) is 16.8. The van der Waals surface area contributed by atoms with Gasteiger partial charge in [0.1, 0.15) is 75.0 Å². The molecule has 0 spiro atoms. The zero-order valence-electron chi connectivity index (χ0n) is 62.7. The van der Waals surface area contributed by atoms with Crippen LogP contribution in [0, 0.1) is 29.1 Å². The van der Waals surface area contributed by atoms with Crippen LogP contribution in [-0.4, -0.2) is 122 Å². The van der Waals surface area contributed by atoms with E-state index in [2.05, 4.69) is 85.2 Å². The van der Waals surface area contributed by atoms with Crippen LogP contribution in [-0.2, 0) is 32.7 Å². The maximum atomic E-state index is 14.0. The van der Waals surface area contributed by atoms with Crippen molar-refractivity contribution in [2.75, 3.05) is 23.7 Å². The maximum Gasteiger partial charge on any atom is 0.224 e. The summed E-state index contributed by atoms with van der Waals surface area (Å²) in [4.78, 5) is 55.3. The normalized spacial score (nSPS) is 12.8. The summed E-state index contributed by atoms with van der Waals surface area (Å²) in [7, 11) is 0. The molecule has 117 heavy (non-hydrogen) atoms. The van der Waals surface area contributed by atoms with Crippen LogP contribution in [0.1, 0.15) is 89.8 Å². The minimum Gasteiger partial charge on any atom is -0.384 e. The molecule has 3 fully saturated rings. The fourth-order valence-corrected chi connectivity index (χ4v) is 13.9. The number of rotatable bonds is 20. The Morgan fingerprint density at radius 1 is 0.308 bits per heavy atom. The minimum absolute atomic E-state index is 0.207. The summed E-state index contributed by atoms with van der Waals surface area (Å²) in [5.41, 5.74) is 12.2. The Kier molecular flexibility index (Phi) is 24.0. The lowest BCUT2D eigenvalue weighted by molar-refractivity contribution is 0.383. The second-order valence-electron chi connectivity index (χ2n) is 27.3. The number of aromatic nitrogens is 22. The van der Waals surface area contributed by atoms with E-state index in [1.807, 2.05) is 111 Å².